The minimum Gasteiger partial charge on any atom is -0.505 e. The molecule has 0 amide bonds. The van der Waals surface area contributed by atoms with E-state index in [-0.39, 0.29) is 11.1 Å². The van der Waals surface area contributed by atoms with E-state index < -0.39 is 26.5 Å². The first-order valence-corrected chi connectivity index (χ1v) is 12.0. The third kappa shape index (κ3) is 5.03. The lowest BCUT2D eigenvalue weighted by Gasteiger charge is -2.10. The highest BCUT2D eigenvalue weighted by Crippen LogP contribution is 2.43. The third-order valence-electron chi connectivity index (χ3n) is 5.47. The molecule has 4 rings (SSSR count). The Morgan fingerprint density at radius 1 is 0.800 bits per heavy atom. The molecular formula is C25H23N5O4S. The van der Waals surface area contributed by atoms with Crippen molar-refractivity contribution >= 4 is 49.3 Å². The molecule has 0 aromatic heterocycles. The molecule has 35 heavy (non-hydrogen) atoms. The molecule has 9 nitrogen and oxygen atoms in total. The molecule has 0 fully saturated rings. The lowest BCUT2D eigenvalue weighted by molar-refractivity contribution is 0.472. The summed E-state index contributed by atoms with van der Waals surface area (Å²) in [4.78, 5) is -0.574. The Morgan fingerprint density at radius 2 is 1.40 bits per heavy atom. The molecule has 10 heteroatoms. The first-order valence-electron chi connectivity index (χ1n) is 10.6. The third-order valence-corrected chi connectivity index (χ3v) is 6.33. The van der Waals surface area contributed by atoms with Gasteiger partial charge in [-0.1, -0.05) is 29.8 Å². The maximum atomic E-state index is 12.0. The number of rotatable bonds is 5. The van der Waals surface area contributed by atoms with E-state index >= 15 is 0 Å². The van der Waals surface area contributed by atoms with Crippen molar-refractivity contribution in [2.75, 3.05) is 5.73 Å². The minimum atomic E-state index is -4.71. The molecule has 0 atom stereocenters. The van der Waals surface area contributed by atoms with Crippen LogP contribution >= 0.6 is 0 Å². The zero-order valence-corrected chi connectivity index (χ0v) is 20.1. The van der Waals surface area contributed by atoms with Crippen LogP contribution in [0.5, 0.6) is 5.75 Å². The van der Waals surface area contributed by atoms with Crippen LogP contribution in [0.15, 0.2) is 86.0 Å². The molecule has 0 bridgehead atoms. The van der Waals surface area contributed by atoms with E-state index in [1.165, 1.54) is 6.07 Å². The van der Waals surface area contributed by atoms with Crippen molar-refractivity contribution in [3.05, 3.63) is 77.4 Å². The second kappa shape index (κ2) is 9.24. The Hall–Kier alpha value is -4.15. The highest BCUT2D eigenvalue weighted by molar-refractivity contribution is 7.86. The summed E-state index contributed by atoms with van der Waals surface area (Å²) >= 11 is 0. The van der Waals surface area contributed by atoms with Crippen molar-refractivity contribution in [3.8, 4) is 5.75 Å². The van der Waals surface area contributed by atoms with E-state index in [0.717, 1.165) is 16.8 Å². The normalized spacial score (nSPS) is 12.2. The molecule has 0 unspecified atom stereocenters. The van der Waals surface area contributed by atoms with Gasteiger partial charge in [-0.2, -0.15) is 23.8 Å². The molecule has 0 saturated heterocycles. The van der Waals surface area contributed by atoms with Gasteiger partial charge in [0.15, 0.2) is 5.75 Å². The molecule has 4 N–H and O–H groups in total. The van der Waals surface area contributed by atoms with Gasteiger partial charge in [0, 0.05) is 11.1 Å². The van der Waals surface area contributed by atoms with Crippen LogP contribution in [0.4, 0.5) is 28.4 Å². The Kier molecular flexibility index (Phi) is 6.33. The minimum absolute atomic E-state index is 0.216. The number of hydrogen-bond donors (Lipinski definition) is 3. The summed E-state index contributed by atoms with van der Waals surface area (Å²) in [6, 6.07) is 17.1. The largest absolute Gasteiger partial charge is 0.505 e. The van der Waals surface area contributed by atoms with Gasteiger partial charge in [-0.05, 0) is 73.7 Å². The van der Waals surface area contributed by atoms with Gasteiger partial charge >= 0.3 is 0 Å². The molecule has 0 saturated carbocycles. The van der Waals surface area contributed by atoms with Gasteiger partial charge in [0.2, 0.25) is 0 Å². The van der Waals surface area contributed by atoms with Crippen molar-refractivity contribution in [2.24, 2.45) is 20.5 Å². The number of nitrogens with two attached hydrogens (primary N) is 1. The molecule has 4 aromatic rings. The fourth-order valence-electron chi connectivity index (χ4n) is 3.55. The highest BCUT2D eigenvalue weighted by Gasteiger charge is 2.23. The van der Waals surface area contributed by atoms with E-state index in [1.54, 1.807) is 37.3 Å². The second-order valence-electron chi connectivity index (χ2n) is 8.15. The summed E-state index contributed by atoms with van der Waals surface area (Å²) in [5.74, 6) is -0.491. The maximum absolute atomic E-state index is 12.0. The van der Waals surface area contributed by atoms with Crippen LogP contribution in [-0.2, 0) is 10.1 Å². The van der Waals surface area contributed by atoms with Crippen molar-refractivity contribution in [2.45, 2.75) is 25.7 Å². The highest BCUT2D eigenvalue weighted by atomic mass is 32.2. The fraction of sp³-hybridized carbons (Fsp3) is 0.120. The molecule has 0 aliphatic heterocycles. The van der Waals surface area contributed by atoms with Crippen LogP contribution in [-0.4, -0.2) is 18.1 Å². The van der Waals surface area contributed by atoms with Crippen LogP contribution in [0.25, 0.3) is 10.8 Å². The van der Waals surface area contributed by atoms with Crippen molar-refractivity contribution in [1.82, 2.24) is 0 Å². The van der Waals surface area contributed by atoms with Gasteiger partial charge < -0.3 is 10.8 Å². The number of aromatic hydroxyl groups is 1. The van der Waals surface area contributed by atoms with Crippen LogP contribution in [0.1, 0.15) is 16.7 Å². The zero-order chi connectivity index (χ0) is 25.3. The number of aryl methyl sites for hydroxylation is 3. The smallest absolute Gasteiger partial charge is 0.296 e. The second-order valence-corrected chi connectivity index (χ2v) is 9.54. The number of azo groups is 2. The van der Waals surface area contributed by atoms with E-state index in [9.17, 15) is 18.1 Å². The van der Waals surface area contributed by atoms with Crippen molar-refractivity contribution in [3.63, 3.8) is 0 Å². The SMILES string of the molecule is Cc1ccc(/N=N/c2cc(C)c(/N=N/c3c(S(=O)(=O)O)cc4cccc(N)c4c3O)cc2C)cc1. The molecular weight excluding hydrogens is 466 g/mol. The number of fused-ring (bicyclic) bond motifs is 1. The van der Waals surface area contributed by atoms with Crippen LogP contribution in [0.3, 0.4) is 0 Å². The van der Waals surface area contributed by atoms with Crippen LogP contribution in [0.2, 0.25) is 0 Å². The molecule has 178 valence electrons. The quantitative estimate of drug-likeness (QED) is 0.155. The molecule has 0 radical (unpaired) electrons. The standard InChI is InChI=1S/C25H23N5O4S/c1-14-7-9-18(10-8-14)27-28-20-11-16(3)21(12-15(20)2)29-30-24-22(35(32,33)34)13-17-5-4-6-19(26)23(17)25(24)31/h4-13,31H,26H2,1-3H3,(H,32,33,34)/b28-27+,30-29+. The van der Waals surface area contributed by atoms with E-state index in [1.807, 2.05) is 38.1 Å². The molecule has 0 spiro atoms. The molecule has 0 aliphatic rings. The molecule has 0 heterocycles. The maximum Gasteiger partial charge on any atom is 0.296 e. The van der Waals surface area contributed by atoms with Crippen LogP contribution < -0.4 is 5.73 Å². The van der Waals surface area contributed by atoms with E-state index in [0.29, 0.717) is 22.3 Å². The molecule has 4 aromatic carbocycles. The summed E-state index contributed by atoms with van der Waals surface area (Å²) in [5, 5.41) is 28.1. The first kappa shape index (κ1) is 24.0. The van der Waals surface area contributed by atoms with Gasteiger partial charge in [0.25, 0.3) is 10.1 Å². The monoisotopic (exact) mass is 489 g/mol. The summed E-state index contributed by atoms with van der Waals surface area (Å²) < 4.78 is 33.7. The average Bonchev–Trinajstić information content (AvgIpc) is 2.79. The van der Waals surface area contributed by atoms with E-state index in [4.69, 9.17) is 5.73 Å². The Labute approximate surface area is 202 Å². The van der Waals surface area contributed by atoms with Gasteiger partial charge in [0.1, 0.15) is 10.6 Å². The van der Waals surface area contributed by atoms with Crippen molar-refractivity contribution in [1.29, 1.82) is 0 Å². The van der Waals surface area contributed by atoms with Crippen molar-refractivity contribution < 1.29 is 18.1 Å². The summed E-state index contributed by atoms with van der Waals surface area (Å²) in [6.07, 6.45) is 0. The number of nitrogens with zero attached hydrogens (tertiary/aromatic N) is 4. The van der Waals surface area contributed by atoms with Gasteiger partial charge in [-0.25, -0.2) is 0 Å². The number of benzene rings is 4. The Morgan fingerprint density at radius 3 is 2.00 bits per heavy atom. The lowest BCUT2D eigenvalue weighted by Crippen LogP contribution is -1.99. The van der Waals surface area contributed by atoms with Crippen LogP contribution in [0, 0.1) is 20.8 Å². The zero-order valence-electron chi connectivity index (χ0n) is 19.3. The predicted molar refractivity (Wildman–Crippen MR) is 135 cm³/mol. The number of phenolic OH excluding ortho intramolecular Hbond substituents is 1. The van der Waals surface area contributed by atoms with Gasteiger partial charge in [-0.15, -0.1) is 5.11 Å². The fourth-order valence-corrected chi connectivity index (χ4v) is 4.21. The first-order chi connectivity index (χ1) is 16.5. The summed E-state index contributed by atoms with van der Waals surface area (Å²) in [7, 11) is -4.71. The van der Waals surface area contributed by atoms with Gasteiger partial charge in [0.05, 0.1) is 17.1 Å². The topological polar surface area (TPSA) is 150 Å². The predicted octanol–water partition coefficient (Wildman–Crippen LogP) is 7.13. The number of phenols is 1. The van der Waals surface area contributed by atoms with E-state index in [2.05, 4.69) is 20.5 Å². The Bertz CT molecular complexity index is 1610. The average molecular weight is 490 g/mol. The lowest BCUT2D eigenvalue weighted by atomic mass is 10.1. The summed E-state index contributed by atoms with van der Waals surface area (Å²) in [6.45, 7) is 5.62. The molecule has 0 aliphatic carbocycles. The number of nitrogen functional groups attached to an aromatic ring is 1. The number of hydrogen-bond acceptors (Lipinski definition) is 8. The Balaban J connectivity index is 1.75. The summed E-state index contributed by atoms with van der Waals surface area (Å²) in [5.41, 5.74) is 10.2. The van der Waals surface area contributed by atoms with Gasteiger partial charge in [-0.3, -0.25) is 4.55 Å². The number of anilines is 1.